The molecular weight excluding hydrogens is 384 g/mol. The fourth-order valence-electron chi connectivity index (χ4n) is 2.91. The molecule has 0 unspecified atom stereocenters. The molecule has 30 heavy (non-hydrogen) atoms. The Bertz CT molecular complexity index is 1050. The van der Waals surface area contributed by atoms with E-state index in [0.717, 1.165) is 5.56 Å². The highest BCUT2D eigenvalue weighted by Crippen LogP contribution is 2.23. The number of anilines is 1. The second-order valence-corrected chi connectivity index (χ2v) is 6.70. The van der Waals surface area contributed by atoms with Crippen LogP contribution in [0, 0.1) is 17.0 Å². The third-order valence-electron chi connectivity index (χ3n) is 4.43. The van der Waals surface area contributed by atoms with Crippen LogP contribution in [-0.2, 0) is 20.7 Å². The molecule has 3 aromatic rings. The summed E-state index contributed by atoms with van der Waals surface area (Å²) in [4.78, 5) is 36.0. The first-order valence-electron chi connectivity index (χ1n) is 9.28. The van der Waals surface area contributed by atoms with Gasteiger partial charge >= 0.3 is 5.97 Å². The van der Waals surface area contributed by atoms with Gasteiger partial charge in [0.1, 0.15) is 0 Å². The number of nitrogens with one attached hydrogen (secondary N) is 1. The van der Waals surface area contributed by atoms with Crippen LogP contribution in [0.2, 0.25) is 0 Å². The average molecular weight is 404 g/mol. The van der Waals surface area contributed by atoms with Crippen LogP contribution >= 0.6 is 0 Å². The quantitative estimate of drug-likeness (QED) is 0.358. The lowest BCUT2D eigenvalue weighted by Gasteiger charge is -2.18. The summed E-state index contributed by atoms with van der Waals surface area (Å²) in [5.74, 6) is -1.25. The number of esters is 1. The lowest BCUT2D eigenvalue weighted by Crippen LogP contribution is -2.26. The van der Waals surface area contributed by atoms with Crippen molar-refractivity contribution in [2.75, 3.05) is 5.32 Å². The van der Waals surface area contributed by atoms with Crippen LogP contribution in [0.4, 0.5) is 11.4 Å². The summed E-state index contributed by atoms with van der Waals surface area (Å²) < 4.78 is 5.46. The topological polar surface area (TPSA) is 98.5 Å². The number of hydrogen-bond donors (Lipinski definition) is 1. The Morgan fingerprint density at radius 3 is 2.27 bits per heavy atom. The van der Waals surface area contributed by atoms with E-state index in [1.54, 1.807) is 48.5 Å². The first kappa shape index (κ1) is 20.7. The molecule has 0 spiro atoms. The van der Waals surface area contributed by atoms with E-state index >= 15 is 0 Å². The number of rotatable bonds is 7. The van der Waals surface area contributed by atoms with Gasteiger partial charge in [0.2, 0.25) is 6.10 Å². The molecule has 7 heteroatoms. The Morgan fingerprint density at radius 1 is 0.967 bits per heavy atom. The molecule has 0 saturated heterocycles. The number of ether oxygens (including phenoxy) is 1. The number of hydrogen-bond acceptors (Lipinski definition) is 5. The minimum atomic E-state index is -1.19. The lowest BCUT2D eigenvalue weighted by molar-refractivity contribution is -0.385. The van der Waals surface area contributed by atoms with Gasteiger partial charge in [0.05, 0.1) is 11.3 Å². The van der Waals surface area contributed by atoms with Gasteiger partial charge in [-0.25, -0.2) is 0 Å². The number of nitro benzene ring substituents is 1. The zero-order chi connectivity index (χ0) is 21.5. The number of amides is 1. The molecule has 0 heterocycles. The second-order valence-electron chi connectivity index (χ2n) is 6.70. The van der Waals surface area contributed by atoms with E-state index in [9.17, 15) is 19.7 Å². The molecule has 3 rings (SSSR count). The molecule has 7 nitrogen and oxygen atoms in total. The van der Waals surface area contributed by atoms with Gasteiger partial charge in [-0.2, -0.15) is 0 Å². The van der Waals surface area contributed by atoms with Gasteiger partial charge in [-0.15, -0.1) is 0 Å². The zero-order valence-corrected chi connectivity index (χ0v) is 16.3. The van der Waals surface area contributed by atoms with Gasteiger partial charge in [-0.3, -0.25) is 19.7 Å². The summed E-state index contributed by atoms with van der Waals surface area (Å²) in [5, 5.41) is 13.9. The number of nitro groups is 1. The maximum atomic E-state index is 12.9. The summed E-state index contributed by atoms with van der Waals surface area (Å²) in [5.41, 5.74) is 2.16. The molecule has 0 saturated carbocycles. The molecule has 1 N–H and O–H groups in total. The molecule has 0 radical (unpaired) electrons. The SMILES string of the molecule is Cc1ccc(NC(=O)[C@@H](OC(=O)Cc2ccccc2[N+](=O)[O-])c2ccccc2)cc1. The highest BCUT2D eigenvalue weighted by molar-refractivity contribution is 5.96. The average Bonchev–Trinajstić information content (AvgIpc) is 2.74. The normalized spacial score (nSPS) is 11.4. The molecule has 1 amide bonds. The smallest absolute Gasteiger partial charge is 0.311 e. The molecule has 1 atom stereocenters. The van der Waals surface area contributed by atoms with Crippen LogP contribution in [0.5, 0.6) is 0 Å². The molecule has 3 aromatic carbocycles. The summed E-state index contributed by atoms with van der Waals surface area (Å²) >= 11 is 0. The molecular formula is C23H20N2O5. The Morgan fingerprint density at radius 2 is 1.60 bits per heavy atom. The van der Waals surface area contributed by atoms with Crippen LogP contribution in [0.3, 0.4) is 0 Å². The summed E-state index contributed by atoms with van der Waals surface area (Å²) in [6, 6.07) is 21.8. The van der Waals surface area contributed by atoms with Crippen molar-refractivity contribution >= 4 is 23.3 Å². The Kier molecular flexibility index (Phi) is 6.54. The molecule has 0 fully saturated rings. The molecule has 0 aromatic heterocycles. The summed E-state index contributed by atoms with van der Waals surface area (Å²) in [6.45, 7) is 1.93. The number of benzene rings is 3. The van der Waals surface area contributed by atoms with E-state index in [1.807, 2.05) is 19.1 Å². The summed E-state index contributed by atoms with van der Waals surface area (Å²) in [6.07, 6.45) is -1.51. The van der Waals surface area contributed by atoms with Crippen molar-refractivity contribution in [2.24, 2.45) is 0 Å². The Labute approximate surface area is 173 Å². The van der Waals surface area contributed by atoms with Gasteiger partial charge in [-0.1, -0.05) is 66.2 Å². The van der Waals surface area contributed by atoms with E-state index < -0.39 is 22.9 Å². The van der Waals surface area contributed by atoms with Gasteiger partial charge in [0, 0.05) is 22.9 Å². The highest BCUT2D eigenvalue weighted by Gasteiger charge is 2.26. The Hall–Kier alpha value is -4.00. The number of carbonyl (C=O) groups is 2. The fourth-order valence-corrected chi connectivity index (χ4v) is 2.91. The molecule has 0 bridgehead atoms. The van der Waals surface area contributed by atoms with Crippen LogP contribution in [0.15, 0.2) is 78.9 Å². The predicted molar refractivity (Wildman–Crippen MR) is 112 cm³/mol. The highest BCUT2D eigenvalue weighted by atomic mass is 16.6. The maximum absolute atomic E-state index is 12.9. The number of aryl methyl sites for hydroxylation is 1. The van der Waals surface area contributed by atoms with Crippen molar-refractivity contribution in [3.05, 3.63) is 106 Å². The van der Waals surface area contributed by atoms with Crippen LogP contribution in [-0.4, -0.2) is 16.8 Å². The fraction of sp³-hybridized carbons (Fsp3) is 0.130. The van der Waals surface area contributed by atoms with Gasteiger partial charge in [-0.05, 0) is 19.1 Å². The molecule has 152 valence electrons. The van der Waals surface area contributed by atoms with E-state index in [2.05, 4.69) is 5.32 Å². The van der Waals surface area contributed by atoms with E-state index in [1.165, 1.54) is 18.2 Å². The van der Waals surface area contributed by atoms with Crippen molar-refractivity contribution in [3.8, 4) is 0 Å². The Balaban J connectivity index is 1.79. The van der Waals surface area contributed by atoms with E-state index in [-0.39, 0.29) is 17.7 Å². The van der Waals surface area contributed by atoms with Gasteiger partial charge in [0.25, 0.3) is 11.6 Å². The second kappa shape index (κ2) is 9.47. The first-order valence-corrected chi connectivity index (χ1v) is 9.28. The van der Waals surface area contributed by atoms with Gasteiger partial charge in [0.15, 0.2) is 0 Å². The minimum absolute atomic E-state index is 0.171. The largest absolute Gasteiger partial charge is 0.447 e. The van der Waals surface area contributed by atoms with Crippen molar-refractivity contribution < 1.29 is 19.2 Å². The van der Waals surface area contributed by atoms with Crippen molar-refractivity contribution in [1.82, 2.24) is 0 Å². The molecule has 0 aliphatic carbocycles. The molecule has 0 aliphatic heterocycles. The maximum Gasteiger partial charge on any atom is 0.311 e. The van der Waals surface area contributed by atoms with E-state index in [4.69, 9.17) is 4.74 Å². The standard InChI is InChI=1S/C23H20N2O5/c1-16-11-13-19(14-12-16)24-23(27)22(17-7-3-2-4-8-17)30-21(26)15-18-9-5-6-10-20(18)25(28)29/h2-14,22H,15H2,1H3,(H,24,27)/t22-/m0/s1. The predicted octanol–water partition coefficient (Wildman–Crippen LogP) is 4.37. The van der Waals surface area contributed by atoms with Crippen LogP contribution in [0.25, 0.3) is 0 Å². The van der Waals surface area contributed by atoms with Crippen LogP contribution in [0.1, 0.15) is 22.8 Å². The minimum Gasteiger partial charge on any atom is -0.447 e. The summed E-state index contributed by atoms with van der Waals surface area (Å²) in [7, 11) is 0. The number of para-hydroxylation sites is 1. The number of nitrogens with zero attached hydrogens (tertiary/aromatic N) is 1. The number of carbonyl (C=O) groups excluding carboxylic acids is 2. The van der Waals surface area contributed by atoms with Gasteiger partial charge < -0.3 is 10.1 Å². The van der Waals surface area contributed by atoms with Crippen molar-refractivity contribution in [3.63, 3.8) is 0 Å². The molecule has 0 aliphatic rings. The third-order valence-corrected chi connectivity index (χ3v) is 4.43. The first-order chi connectivity index (χ1) is 14.4. The van der Waals surface area contributed by atoms with Crippen molar-refractivity contribution in [2.45, 2.75) is 19.4 Å². The monoisotopic (exact) mass is 404 g/mol. The van der Waals surface area contributed by atoms with Crippen LogP contribution < -0.4 is 5.32 Å². The third kappa shape index (κ3) is 5.29. The van der Waals surface area contributed by atoms with Crippen molar-refractivity contribution in [1.29, 1.82) is 0 Å². The lowest BCUT2D eigenvalue weighted by atomic mass is 10.1. The zero-order valence-electron chi connectivity index (χ0n) is 16.3. The van der Waals surface area contributed by atoms with E-state index in [0.29, 0.717) is 11.3 Å².